The maximum atomic E-state index is 10.1. The van der Waals surface area contributed by atoms with Crippen molar-refractivity contribution in [1.29, 1.82) is 0 Å². The molecule has 0 aromatic carbocycles. The maximum absolute atomic E-state index is 10.1. The van der Waals surface area contributed by atoms with Crippen LogP contribution in [-0.2, 0) is 6.54 Å². The van der Waals surface area contributed by atoms with E-state index in [0.29, 0.717) is 18.1 Å². The first-order chi connectivity index (χ1) is 9.74. The Hall–Kier alpha value is -1.59. The van der Waals surface area contributed by atoms with Gasteiger partial charge in [-0.2, -0.15) is 0 Å². The number of likely N-dealkylation sites (N-methyl/N-ethyl adjacent to an activating group) is 1. The zero-order chi connectivity index (χ0) is 13.9. The van der Waals surface area contributed by atoms with Crippen LogP contribution in [0.5, 0.6) is 0 Å². The van der Waals surface area contributed by atoms with Gasteiger partial charge in [0, 0.05) is 18.7 Å². The van der Waals surface area contributed by atoms with E-state index >= 15 is 0 Å². The Balaban J connectivity index is 1.65. The summed E-state index contributed by atoms with van der Waals surface area (Å²) < 4.78 is 10.6. The van der Waals surface area contributed by atoms with Crippen LogP contribution in [-0.4, -0.2) is 34.4 Å². The molecule has 5 nitrogen and oxygen atoms in total. The van der Waals surface area contributed by atoms with Crippen LogP contribution in [0.1, 0.15) is 31.4 Å². The second kappa shape index (κ2) is 5.81. The van der Waals surface area contributed by atoms with E-state index < -0.39 is 0 Å². The van der Waals surface area contributed by atoms with Crippen molar-refractivity contribution in [1.82, 2.24) is 10.1 Å². The molecule has 0 saturated heterocycles. The van der Waals surface area contributed by atoms with Crippen molar-refractivity contribution in [3.05, 3.63) is 30.2 Å². The summed E-state index contributed by atoms with van der Waals surface area (Å²) in [6, 6.07) is 5.78. The molecule has 2 aromatic rings. The summed E-state index contributed by atoms with van der Waals surface area (Å²) in [6.45, 7) is 0.673. The lowest BCUT2D eigenvalue weighted by Gasteiger charge is -2.34. The molecule has 0 amide bonds. The summed E-state index contributed by atoms with van der Waals surface area (Å²) in [4.78, 5) is 2.16. The van der Waals surface area contributed by atoms with E-state index in [4.69, 9.17) is 8.94 Å². The van der Waals surface area contributed by atoms with Gasteiger partial charge in [0.1, 0.15) is 0 Å². The quantitative estimate of drug-likeness (QED) is 0.930. The highest BCUT2D eigenvalue weighted by Crippen LogP contribution is 2.25. The van der Waals surface area contributed by atoms with Crippen LogP contribution >= 0.6 is 0 Å². The molecule has 2 unspecified atom stereocenters. The van der Waals surface area contributed by atoms with Crippen molar-refractivity contribution >= 4 is 0 Å². The molecule has 20 heavy (non-hydrogen) atoms. The molecule has 0 bridgehead atoms. The summed E-state index contributed by atoms with van der Waals surface area (Å²) in [5.41, 5.74) is 0.858. The van der Waals surface area contributed by atoms with Crippen molar-refractivity contribution in [2.75, 3.05) is 7.05 Å². The van der Waals surface area contributed by atoms with Gasteiger partial charge < -0.3 is 14.0 Å². The number of furan rings is 1. The Bertz CT molecular complexity index is 535. The van der Waals surface area contributed by atoms with Crippen molar-refractivity contribution in [2.45, 2.75) is 44.4 Å². The predicted octanol–water partition coefficient (Wildman–Crippen LogP) is 2.67. The monoisotopic (exact) mass is 276 g/mol. The van der Waals surface area contributed by atoms with Gasteiger partial charge >= 0.3 is 0 Å². The van der Waals surface area contributed by atoms with Crippen LogP contribution in [0, 0.1) is 0 Å². The van der Waals surface area contributed by atoms with Crippen molar-refractivity contribution in [3.8, 4) is 11.5 Å². The molecule has 0 spiro atoms. The largest absolute Gasteiger partial charge is 0.461 e. The average Bonchev–Trinajstić information content (AvgIpc) is 3.09. The molecule has 2 aromatic heterocycles. The molecular weight excluding hydrogens is 256 g/mol. The van der Waals surface area contributed by atoms with Crippen LogP contribution in [0.2, 0.25) is 0 Å². The zero-order valence-electron chi connectivity index (χ0n) is 11.7. The third-order valence-electron chi connectivity index (χ3n) is 3.99. The Morgan fingerprint density at radius 2 is 2.20 bits per heavy atom. The second-order valence-electron chi connectivity index (χ2n) is 5.49. The summed E-state index contributed by atoms with van der Waals surface area (Å²) in [7, 11) is 2.03. The Morgan fingerprint density at radius 3 is 2.95 bits per heavy atom. The smallest absolute Gasteiger partial charge is 0.202 e. The summed E-state index contributed by atoms with van der Waals surface area (Å²) in [5.74, 6) is 1.33. The van der Waals surface area contributed by atoms with Gasteiger partial charge in [-0.1, -0.05) is 18.0 Å². The first-order valence-electron chi connectivity index (χ1n) is 7.12. The first-order valence-corrected chi connectivity index (χ1v) is 7.12. The van der Waals surface area contributed by atoms with E-state index in [-0.39, 0.29) is 12.1 Å². The fourth-order valence-electron chi connectivity index (χ4n) is 2.90. The average molecular weight is 276 g/mol. The molecule has 5 heteroatoms. The van der Waals surface area contributed by atoms with Crippen LogP contribution < -0.4 is 0 Å². The molecule has 1 aliphatic carbocycles. The van der Waals surface area contributed by atoms with E-state index in [2.05, 4.69) is 10.1 Å². The van der Waals surface area contributed by atoms with E-state index in [1.54, 1.807) is 6.26 Å². The zero-order valence-corrected chi connectivity index (χ0v) is 11.7. The molecule has 0 radical (unpaired) electrons. The Morgan fingerprint density at radius 1 is 1.35 bits per heavy atom. The SMILES string of the molecule is CN(Cc1cc(-c2ccco2)on1)C1CCCCC1O. The Kier molecular flexibility index (Phi) is 3.89. The molecule has 1 aliphatic rings. The minimum absolute atomic E-state index is 0.215. The lowest BCUT2D eigenvalue weighted by Crippen LogP contribution is -2.42. The summed E-state index contributed by atoms with van der Waals surface area (Å²) in [5, 5.41) is 14.1. The first kappa shape index (κ1) is 13.4. The minimum Gasteiger partial charge on any atom is -0.461 e. The molecule has 1 fully saturated rings. The van der Waals surface area contributed by atoms with Crippen LogP contribution in [0.3, 0.4) is 0 Å². The second-order valence-corrected chi connectivity index (χ2v) is 5.49. The normalized spacial score (nSPS) is 23.4. The fourth-order valence-corrected chi connectivity index (χ4v) is 2.90. The van der Waals surface area contributed by atoms with E-state index in [0.717, 1.165) is 25.0 Å². The van der Waals surface area contributed by atoms with Crippen molar-refractivity contribution in [2.24, 2.45) is 0 Å². The van der Waals surface area contributed by atoms with Gasteiger partial charge in [0.25, 0.3) is 0 Å². The molecule has 1 N–H and O–H groups in total. The number of aliphatic hydroxyl groups is 1. The third kappa shape index (κ3) is 2.78. The van der Waals surface area contributed by atoms with Gasteiger partial charge in [0.2, 0.25) is 5.76 Å². The molecular formula is C15H20N2O3. The van der Waals surface area contributed by atoms with Gasteiger partial charge in [-0.05, 0) is 32.0 Å². The van der Waals surface area contributed by atoms with Gasteiger partial charge in [-0.15, -0.1) is 0 Å². The topological polar surface area (TPSA) is 62.6 Å². The van der Waals surface area contributed by atoms with Gasteiger partial charge in [-0.25, -0.2) is 0 Å². The highest BCUT2D eigenvalue weighted by atomic mass is 16.5. The highest BCUT2D eigenvalue weighted by Gasteiger charge is 2.27. The third-order valence-corrected chi connectivity index (χ3v) is 3.99. The standard InChI is InChI=1S/C15H20N2O3/c1-17(12-5-2-3-6-13(12)18)10-11-9-15(20-16-11)14-7-4-8-19-14/h4,7-9,12-13,18H,2-3,5-6,10H2,1H3. The molecule has 3 rings (SSSR count). The minimum atomic E-state index is -0.231. The number of aromatic nitrogens is 1. The number of nitrogens with zero attached hydrogens (tertiary/aromatic N) is 2. The van der Waals surface area contributed by atoms with Crippen molar-refractivity contribution < 1.29 is 14.0 Å². The van der Waals surface area contributed by atoms with E-state index in [1.165, 1.54) is 6.42 Å². The van der Waals surface area contributed by atoms with Crippen LogP contribution in [0.4, 0.5) is 0 Å². The summed E-state index contributed by atoms with van der Waals surface area (Å²) in [6.07, 6.45) is 5.62. The van der Waals surface area contributed by atoms with Gasteiger partial charge in [0.05, 0.1) is 18.1 Å². The van der Waals surface area contributed by atoms with E-state index in [1.807, 2.05) is 25.2 Å². The van der Waals surface area contributed by atoms with Gasteiger partial charge in [-0.3, -0.25) is 4.90 Å². The van der Waals surface area contributed by atoms with Crippen LogP contribution in [0.15, 0.2) is 33.4 Å². The lowest BCUT2D eigenvalue weighted by molar-refractivity contribution is 0.0280. The molecule has 2 atom stereocenters. The number of rotatable bonds is 4. The summed E-state index contributed by atoms with van der Waals surface area (Å²) >= 11 is 0. The molecule has 108 valence electrons. The number of hydrogen-bond donors (Lipinski definition) is 1. The Labute approximate surface area is 118 Å². The highest BCUT2D eigenvalue weighted by molar-refractivity contribution is 5.49. The number of hydrogen-bond acceptors (Lipinski definition) is 5. The van der Waals surface area contributed by atoms with Crippen molar-refractivity contribution in [3.63, 3.8) is 0 Å². The molecule has 0 aliphatic heterocycles. The number of aliphatic hydroxyl groups excluding tert-OH is 1. The van der Waals surface area contributed by atoms with E-state index in [9.17, 15) is 5.11 Å². The lowest BCUT2D eigenvalue weighted by atomic mass is 9.91. The predicted molar refractivity (Wildman–Crippen MR) is 73.9 cm³/mol. The molecule has 1 saturated carbocycles. The maximum Gasteiger partial charge on any atom is 0.202 e. The van der Waals surface area contributed by atoms with Gasteiger partial charge in [0.15, 0.2) is 5.76 Å². The fraction of sp³-hybridized carbons (Fsp3) is 0.533. The molecule has 2 heterocycles. The van der Waals surface area contributed by atoms with Crippen LogP contribution in [0.25, 0.3) is 11.5 Å².